The molecule has 0 bridgehead atoms. The molecule has 0 saturated heterocycles. The maximum atomic E-state index is 15.1. The highest BCUT2D eigenvalue weighted by atomic mass is 32.2. The van der Waals surface area contributed by atoms with Gasteiger partial charge in [-0.3, -0.25) is 14.1 Å². The maximum Gasteiger partial charge on any atom is 0.360 e. The van der Waals surface area contributed by atoms with Gasteiger partial charge in [0.15, 0.2) is 5.69 Å². The first kappa shape index (κ1) is 29.9. The molecule has 1 aliphatic rings. The number of nitrogens with zero attached hydrogens (tertiary/aromatic N) is 3. The third-order valence-electron chi connectivity index (χ3n) is 5.73. The van der Waals surface area contributed by atoms with Gasteiger partial charge in [-0.25, -0.2) is 22.6 Å². The highest BCUT2D eigenvalue weighted by molar-refractivity contribution is 7.93. The van der Waals surface area contributed by atoms with Gasteiger partial charge in [-0.1, -0.05) is 12.1 Å². The molecule has 2 aromatic carbocycles. The van der Waals surface area contributed by atoms with Crippen molar-refractivity contribution in [1.82, 2.24) is 10.3 Å². The third kappa shape index (κ3) is 7.38. The van der Waals surface area contributed by atoms with Crippen molar-refractivity contribution in [3.05, 3.63) is 65.0 Å². The number of amides is 1. The van der Waals surface area contributed by atoms with Crippen molar-refractivity contribution in [3.63, 3.8) is 0 Å². The number of sulfonamides is 1. The monoisotopic (exact) mass is 603 g/mol. The minimum atomic E-state index is -4.44. The van der Waals surface area contributed by atoms with E-state index < -0.39 is 33.3 Å². The molecular weight excluding hydrogens is 573 g/mol. The quantitative estimate of drug-likeness (QED) is 0.332. The number of thiazole rings is 1. The lowest BCUT2D eigenvalue weighted by molar-refractivity contribution is -0.115. The minimum absolute atomic E-state index is 0.0118. The Morgan fingerprint density at radius 2 is 1.90 bits per heavy atom. The first-order valence-electron chi connectivity index (χ1n) is 12.6. The van der Waals surface area contributed by atoms with Gasteiger partial charge in [-0.2, -0.15) is 0 Å². The average Bonchev–Trinajstić information content (AvgIpc) is 3.60. The molecular formula is C27H30FN5O6S2. The summed E-state index contributed by atoms with van der Waals surface area (Å²) < 4.78 is 54.7. The molecule has 0 aliphatic carbocycles. The van der Waals surface area contributed by atoms with E-state index in [1.54, 1.807) is 45.0 Å². The van der Waals surface area contributed by atoms with Gasteiger partial charge in [0.1, 0.15) is 28.0 Å². The smallest absolute Gasteiger partial charge is 0.360 e. The van der Waals surface area contributed by atoms with Crippen molar-refractivity contribution in [2.75, 3.05) is 29.8 Å². The number of aliphatic imine (C=N–C) groups is 1. The maximum absolute atomic E-state index is 15.1. The standard InChI is InChI=1S/C27H30FN5O6S2/c1-27(2,3)39-26(35)24-25(40-16-31-24)33(15-17-5-7-18(38-4)8-6-17)41(36,37)19-9-10-21(20(28)13-19)32-23(34)14-22-29-11-12-30-22/h5-10,13,16H,11-12,14-15H2,1-4H3,(H,29,30)(H,32,34). The van der Waals surface area contributed by atoms with E-state index in [0.29, 0.717) is 30.2 Å². The summed E-state index contributed by atoms with van der Waals surface area (Å²) in [6, 6.07) is 9.89. The lowest BCUT2D eigenvalue weighted by Crippen LogP contribution is -2.32. The highest BCUT2D eigenvalue weighted by Crippen LogP contribution is 2.34. The predicted molar refractivity (Wildman–Crippen MR) is 154 cm³/mol. The number of nitrogens with one attached hydrogen (secondary N) is 2. The second-order valence-corrected chi connectivity index (χ2v) is 12.7. The van der Waals surface area contributed by atoms with Crippen molar-refractivity contribution >= 4 is 49.8 Å². The SMILES string of the molecule is COc1ccc(CN(c2scnc2C(=O)OC(C)(C)C)S(=O)(=O)c2ccc(NC(=O)CC3=NCCN3)c(F)c2)cc1. The van der Waals surface area contributed by atoms with E-state index in [1.807, 2.05) is 0 Å². The Morgan fingerprint density at radius 3 is 2.51 bits per heavy atom. The predicted octanol–water partition coefficient (Wildman–Crippen LogP) is 3.97. The number of ether oxygens (including phenoxy) is 2. The molecule has 1 aliphatic heterocycles. The summed E-state index contributed by atoms with van der Waals surface area (Å²) in [6.45, 7) is 6.05. The molecule has 41 heavy (non-hydrogen) atoms. The molecule has 3 aromatic rings. The first-order chi connectivity index (χ1) is 19.4. The normalized spacial score (nSPS) is 13.2. The summed E-state index contributed by atoms with van der Waals surface area (Å²) >= 11 is 0.933. The van der Waals surface area contributed by atoms with Crippen LogP contribution in [0.25, 0.3) is 0 Å². The molecule has 14 heteroatoms. The molecule has 1 aromatic heterocycles. The van der Waals surface area contributed by atoms with Crippen LogP contribution in [0, 0.1) is 5.82 Å². The van der Waals surface area contributed by atoms with E-state index in [0.717, 1.165) is 21.7 Å². The largest absolute Gasteiger partial charge is 0.497 e. The van der Waals surface area contributed by atoms with Crippen LogP contribution < -0.4 is 19.7 Å². The van der Waals surface area contributed by atoms with Crippen molar-refractivity contribution in [1.29, 1.82) is 0 Å². The molecule has 2 heterocycles. The number of amidine groups is 1. The second-order valence-electron chi connectivity index (χ2n) is 9.99. The Morgan fingerprint density at radius 1 is 1.17 bits per heavy atom. The van der Waals surface area contributed by atoms with Gasteiger partial charge in [0.05, 0.1) is 42.7 Å². The summed E-state index contributed by atoms with van der Waals surface area (Å²) in [5, 5.41) is 5.42. The first-order valence-corrected chi connectivity index (χ1v) is 14.9. The number of rotatable bonds is 10. The van der Waals surface area contributed by atoms with Gasteiger partial charge in [-0.05, 0) is 56.7 Å². The van der Waals surface area contributed by atoms with Crippen LogP contribution in [0.2, 0.25) is 0 Å². The number of hydrogen-bond donors (Lipinski definition) is 2. The Hall–Kier alpha value is -4.04. The lowest BCUT2D eigenvalue weighted by atomic mass is 10.2. The van der Waals surface area contributed by atoms with Crippen molar-refractivity contribution < 1.29 is 31.9 Å². The van der Waals surface area contributed by atoms with Crippen LogP contribution in [0.1, 0.15) is 43.2 Å². The molecule has 11 nitrogen and oxygen atoms in total. The lowest BCUT2D eigenvalue weighted by Gasteiger charge is -2.25. The summed E-state index contributed by atoms with van der Waals surface area (Å²) in [5.74, 6) is -1.16. The van der Waals surface area contributed by atoms with Crippen LogP contribution in [0.3, 0.4) is 0 Å². The van der Waals surface area contributed by atoms with E-state index in [4.69, 9.17) is 9.47 Å². The fraction of sp³-hybridized carbons (Fsp3) is 0.333. The summed E-state index contributed by atoms with van der Waals surface area (Å²) in [5.41, 5.74) is 0.706. The average molecular weight is 604 g/mol. The molecule has 0 atom stereocenters. The van der Waals surface area contributed by atoms with Crippen LogP contribution >= 0.6 is 11.3 Å². The summed E-state index contributed by atoms with van der Waals surface area (Å²) in [4.78, 5) is 33.1. The molecule has 0 radical (unpaired) electrons. The zero-order valence-electron chi connectivity index (χ0n) is 22.9. The van der Waals surface area contributed by atoms with Crippen LogP contribution in [-0.2, 0) is 26.1 Å². The van der Waals surface area contributed by atoms with Gasteiger partial charge in [0, 0.05) is 6.54 Å². The number of carbonyl (C=O) groups excluding carboxylic acids is 2. The van der Waals surface area contributed by atoms with Gasteiger partial charge in [-0.15, -0.1) is 11.3 Å². The molecule has 4 rings (SSSR count). The number of anilines is 2. The van der Waals surface area contributed by atoms with Crippen LogP contribution in [0.4, 0.5) is 15.1 Å². The third-order valence-corrected chi connectivity index (χ3v) is 8.43. The molecule has 0 fully saturated rings. The summed E-state index contributed by atoms with van der Waals surface area (Å²) in [7, 11) is -2.93. The van der Waals surface area contributed by atoms with Gasteiger partial charge >= 0.3 is 5.97 Å². The number of hydrogen-bond acceptors (Lipinski definition) is 10. The number of halogens is 1. The number of benzene rings is 2. The Labute approximate surface area is 241 Å². The van der Waals surface area contributed by atoms with Crippen molar-refractivity contribution in [2.45, 2.75) is 44.2 Å². The number of esters is 1. The van der Waals surface area contributed by atoms with Crippen LogP contribution in [-0.4, -0.2) is 56.9 Å². The number of methoxy groups -OCH3 is 1. The van der Waals surface area contributed by atoms with Gasteiger partial charge in [0.2, 0.25) is 5.91 Å². The van der Waals surface area contributed by atoms with Crippen molar-refractivity contribution in [2.24, 2.45) is 4.99 Å². The molecule has 0 saturated carbocycles. The number of carbonyl (C=O) groups is 2. The van der Waals surface area contributed by atoms with Gasteiger partial charge in [0.25, 0.3) is 10.0 Å². The Bertz CT molecular complexity index is 1570. The van der Waals surface area contributed by atoms with E-state index in [1.165, 1.54) is 24.8 Å². The Balaban J connectivity index is 1.68. The fourth-order valence-electron chi connectivity index (χ4n) is 3.84. The zero-order chi connectivity index (χ0) is 29.8. The Kier molecular flexibility index (Phi) is 8.92. The molecule has 0 spiro atoms. The molecule has 218 valence electrons. The van der Waals surface area contributed by atoms with Crippen molar-refractivity contribution in [3.8, 4) is 5.75 Å². The van der Waals surface area contributed by atoms with E-state index in [2.05, 4.69) is 20.6 Å². The van der Waals surface area contributed by atoms with Crippen LogP contribution in [0.15, 0.2) is 57.9 Å². The topological polar surface area (TPSA) is 139 Å². The zero-order valence-corrected chi connectivity index (χ0v) is 24.6. The number of aromatic nitrogens is 1. The fourth-order valence-corrected chi connectivity index (χ4v) is 6.32. The molecule has 1 amide bonds. The van der Waals surface area contributed by atoms with E-state index in [-0.39, 0.29) is 34.2 Å². The van der Waals surface area contributed by atoms with E-state index >= 15 is 4.39 Å². The summed E-state index contributed by atoms with van der Waals surface area (Å²) in [6.07, 6.45) is -0.0616. The van der Waals surface area contributed by atoms with E-state index in [9.17, 15) is 18.0 Å². The molecule has 2 N–H and O–H groups in total. The molecule has 0 unspecified atom stereocenters. The van der Waals surface area contributed by atoms with Crippen LogP contribution in [0.5, 0.6) is 5.75 Å². The van der Waals surface area contributed by atoms with Gasteiger partial charge < -0.3 is 20.1 Å². The highest BCUT2D eigenvalue weighted by Gasteiger charge is 2.33. The second kappa shape index (κ2) is 12.2. The minimum Gasteiger partial charge on any atom is -0.497 e.